The summed E-state index contributed by atoms with van der Waals surface area (Å²) in [6, 6.07) is 2.93. The molecule has 0 saturated heterocycles. The van der Waals surface area contributed by atoms with Gasteiger partial charge in [0, 0.05) is 23.7 Å². The highest BCUT2D eigenvalue weighted by Crippen LogP contribution is 2.31. The van der Waals surface area contributed by atoms with E-state index in [4.69, 9.17) is 28.9 Å². The molecule has 0 spiro atoms. The largest absolute Gasteiger partial charge is 0.326 e. The van der Waals surface area contributed by atoms with Crippen LogP contribution in [-0.2, 0) is 16.6 Å². The van der Waals surface area contributed by atoms with Crippen LogP contribution in [0.5, 0.6) is 0 Å². The SMILES string of the molecule is NCc1c(Cl)ccc(S(=O)(=O)NCCC2CCCC2)c1Cl. The Morgan fingerprint density at radius 1 is 1.24 bits per heavy atom. The van der Waals surface area contributed by atoms with Crippen molar-refractivity contribution in [1.82, 2.24) is 4.72 Å². The van der Waals surface area contributed by atoms with Gasteiger partial charge in [0.05, 0.1) is 5.02 Å². The Balaban J connectivity index is 2.08. The third-order valence-electron chi connectivity index (χ3n) is 3.96. The summed E-state index contributed by atoms with van der Waals surface area (Å²) in [5.41, 5.74) is 6.02. The highest BCUT2D eigenvalue weighted by atomic mass is 35.5. The Kier molecular flexibility index (Phi) is 5.91. The van der Waals surface area contributed by atoms with Gasteiger partial charge in [-0.2, -0.15) is 0 Å². The number of rotatable bonds is 6. The molecule has 1 aliphatic carbocycles. The lowest BCUT2D eigenvalue weighted by atomic mass is 10.1. The topological polar surface area (TPSA) is 72.2 Å². The number of hydrogen-bond acceptors (Lipinski definition) is 3. The van der Waals surface area contributed by atoms with Crippen LogP contribution in [0.15, 0.2) is 17.0 Å². The van der Waals surface area contributed by atoms with Crippen molar-refractivity contribution in [1.29, 1.82) is 0 Å². The molecule has 0 radical (unpaired) electrons. The van der Waals surface area contributed by atoms with Gasteiger partial charge in [-0.05, 0) is 24.5 Å². The van der Waals surface area contributed by atoms with Gasteiger partial charge in [-0.3, -0.25) is 0 Å². The zero-order valence-electron chi connectivity index (χ0n) is 11.7. The van der Waals surface area contributed by atoms with Crippen molar-refractivity contribution in [2.24, 2.45) is 11.7 Å². The maximum atomic E-state index is 12.3. The summed E-state index contributed by atoms with van der Waals surface area (Å²) in [6.07, 6.45) is 5.76. The standard InChI is InChI=1S/C14H20Cl2N2O2S/c15-12-5-6-13(14(16)11(12)9-17)21(19,20)18-8-7-10-3-1-2-4-10/h5-6,10,18H,1-4,7-9,17H2. The predicted octanol–water partition coefficient (Wildman–Crippen LogP) is 3.31. The minimum Gasteiger partial charge on any atom is -0.326 e. The van der Waals surface area contributed by atoms with Crippen LogP contribution in [0, 0.1) is 5.92 Å². The van der Waals surface area contributed by atoms with Gasteiger partial charge < -0.3 is 5.73 Å². The molecule has 3 N–H and O–H groups in total. The highest BCUT2D eigenvalue weighted by Gasteiger charge is 2.22. The van der Waals surface area contributed by atoms with Crippen LogP contribution >= 0.6 is 23.2 Å². The van der Waals surface area contributed by atoms with E-state index in [1.807, 2.05) is 0 Å². The fraction of sp³-hybridized carbons (Fsp3) is 0.571. The lowest BCUT2D eigenvalue weighted by Crippen LogP contribution is -2.26. The van der Waals surface area contributed by atoms with E-state index in [2.05, 4.69) is 4.72 Å². The molecular formula is C14H20Cl2N2O2S. The summed E-state index contributed by atoms with van der Waals surface area (Å²) in [5.74, 6) is 0.632. The van der Waals surface area contributed by atoms with Crippen molar-refractivity contribution in [3.05, 3.63) is 27.7 Å². The van der Waals surface area contributed by atoms with Crippen LogP contribution in [0.2, 0.25) is 10.0 Å². The number of nitrogens with two attached hydrogens (primary N) is 1. The van der Waals surface area contributed by atoms with Crippen LogP contribution < -0.4 is 10.5 Å². The monoisotopic (exact) mass is 350 g/mol. The number of halogens is 2. The molecular weight excluding hydrogens is 331 g/mol. The Bertz CT molecular complexity index is 599. The number of nitrogens with one attached hydrogen (secondary N) is 1. The maximum absolute atomic E-state index is 12.3. The van der Waals surface area contributed by atoms with E-state index in [9.17, 15) is 8.42 Å². The summed E-state index contributed by atoms with van der Waals surface area (Å²) in [6.45, 7) is 0.535. The molecule has 1 aromatic carbocycles. The van der Waals surface area contributed by atoms with E-state index in [1.54, 1.807) is 0 Å². The van der Waals surface area contributed by atoms with Crippen LogP contribution in [-0.4, -0.2) is 15.0 Å². The Labute approximate surface area is 136 Å². The molecule has 7 heteroatoms. The summed E-state index contributed by atoms with van der Waals surface area (Å²) in [7, 11) is -3.63. The Morgan fingerprint density at radius 3 is 2.52 bits per heavy atom. The molecule has 0 bridgehead atoms. The Hall–Kier alpha value is -0.330. The maximum Gasteiger partial charge on any atom is 0.242 e. The zero-order valence-corrected chi connectivity index (χ0v) is 14.1. The van der Waals surface area contributed by atoms with Gasteiger partial charge in [-0.1, -0.05) is 48.9 Å². The normalized spacial score (nSPS) is 16.5. The zero-order chi connectivity index (χ0) is 15.5. The third kappa shape index (κ3) is 4.11. The molecule has 0 atom stereocenters. The number of hydrogen-bond donors (Lipinski definition) is 2. The molecule has 1 aromatic rings. The fourth-order valence-corrected chi connectivity index (χ4v) is 4.72. The molecule has 1 aliphatic rings. The van der Waals surface area contributed by atoms with Crippen molar-refractivity contribution in [3.63, 3.8) is 0 Å². The molecule has 0 heterocycles. The molecule has 21 heavy (non-hydrogen) atoms. The van der Waals surface area contributed by atoms with E-state index in [0.29, 0.717) is 23.0 Å². The summed E-state index contributed by atoms with van der Waals surface area (Å²) >= 11 is 12.1. The molecule has 118 valence electrons. The lowest BCUT2D eigenvalue weighted by molar-refractivity contribution is 0.495. The van der Waals surface area contributed by atoms with Gasteiger partial charge in [0.25, 0.3) is 0 Å². The first-order valence-corrected chi connectivity index (χ1v) is 9.36. The van der Waals surface area contributed by atoms with E-state index >= 15 is 0 Å². The molecule has 2 rings (SSSR count). The lowest BCUT2D eigenvalue weighted by Gasteiger charge is -2.13. The molecule has 0 amide bonds. The summed E-state index contributed by atoms with van der Waals surface area (Å²) in [4.78, 5) is 0.0421. The van der Waals surface area contributed by atoms with E-state index in [1.165, 1.54) is 37.8 Å². The Morgan fingerprint density at radius 2 is 1.90 bits per heavy atom. The van der Waals surface area contributed by atoms with Crippen molar-refractivity contribution in [2.45, 2.75) is 43.5 Å². The molecule has 1 saturated carbocycles. The second kappa shape index (κ2) is 7.29. The highest BCUT2D eigenvalue weighted by molar-refractivity contribution is 7.89. The third-order valence-corrected chi connectivity index (χ3v) is 6.36. The number of benzene rings is 1. The minimum absolute atomic E-state index is 0.0421. The minimum atomic E-state index is -3.63. The smallest absolute Gasteiger partial charge is 0.242 e. The predicted molar refractivity (Wildman–Crippen MR) is 86.1 cm³/mol. The van der Waals surface area contributed by atoms with E-state index < -0.39 is 10.0 Å². The second-order valence-electron chi connectivity index (χ2n) is 5.38. The molecule has 0 unspecified atom stereocenters. The van der Waals surface area contributed by atoms with Gasteiger partial charge in [0.2, 0.25) is 10.0 Å². The van der Waals surface area contributed by atoms with Crippen LogP contribution in [0.1, 0.15) is 37.7 Å². The van der Waals surface area contributed by atoms with Gasteiger partial charge in [0.15, 0.2) is 0 Å². The average molecular weight is 351 g/mol. The van der Waals surface area contributed by atoms with Gasteiger partial charge in [-0.15, -0.1) is 0 Å². The summed E-state index contributed by atoms with van der Waals surface area (Å²) in [5, 5.41) is 0.491. The molecule has 0 aliphatic heterocycles. The average Bonchev–Trinajstić information content (AvgIpc) is 2.92. The van der Waals surface area contributed by atoms with Gasteiger partial charge in [-0.25, -0.2) is 13.1 Å². The number of sulfonamides is 1. The quantitative estimate of drug-likeness (QED) is 0.826. The molecule has 1 fully saturated rings. The van der Waals surface area contributed by atoms with Crippen LogP contribution in [0.25, 0.3) is 0 Å². The molecule has 4 nitrogen and oxygen atoms in total. The second-order valence-corrected chi connectivity index (χ2v) is 7.90. The van der Waals surface area contributed by atoms with Crippen molar-refractivity contribution in [3.8, 4) is 0 Å². The summed E-state index contributed by atoms with van der Waals surface area (Å²) < 4.78 is 27.3. The van der Waals surface area contributed by atoms with Crippen LogP contribution in [0.4, 0.5) is 0 Å². The first-order chi connectivity index (χ1) is 9.95. The van der Waals surface area contributed by atoms with Crippen molar-refractivity contribution >= 4 is 33.2 Å². The molecule has 0 aromatic heterocycles. The van der Waals surface area contributed by atoms with Crippen LogP contribution in [0.3, 0.4) is 0 Å². The fourth-order valence-electron chi connectivity index (χ4n) is 2.75. The van der Waals surface area contributed by atoms with Gasteiger partial charge >= 0.3 is 0 Å². The van der Waals surface area contributed by atoms with Gasteiger partial charge in [0.1, 0.15) is 4.90 Å². The first-order valence-electron chi connectivity index (χ1n) is 7.12. The first kappa shape index (κ1) is 17.0. The van der Waals surface area contributed by atoms with Crippen molar-refractivity contribution < 1.29 is 8.42 Å². The van der Waals surface area contributed by atoms with Crippen molar-refractivity contribution in [2.75, 3.05) is 6.54 Å². The van der Waals surface area contributed by atoms with E-state index in [-0.39, 0.29) is 16.5 Å². The van der Waals surface area contributed by atoms with E-state index in [0.717, 1.165) is 6.42 Å².